The lowest BCUT2D eigenvalue weighted by molar-refractivity contribution is -0.121. The molecule has 1 amide bonds. The van der Waals surface area contributed by atoms with E-state index in [4.69, 9.17) is 16.7 Å². The highest BCUT2D eigenvalue weighted by Gasteiger charge is 2.16. The second kappa shape index (κ2) is 7.79. The van der Waals surface area contributed by atoms with E-state index in [2.05, 4.69) is 5.32 Å². The van der Waals surface area contributed by atoms with E-state index in [-0.39, 0.29) is 23.3 Å². The monoisotopic (exact) mass is 366 g/mol. The predicted molar refractivity (Wildman–Crippen MR) is 94.1 cm³/mol. The highest BCUT2D eigenvalue weighted by molar-refractivity contribution is 7.89. The summed E-state index contributed by atoms with van der Waals surface area (Å²) in [7, 11) is -3.77. The number of nitrogens with two attached hydrogens (primary N) is 1. The predicted octanol–water partition coefficient (Wildman–Crippen LogP) is 2.80. The Balaban J connectivity index is 2.11. The Morgan fingerprint density at radius 1 is 1.21 bits per heavy atom. The second-order valence-electron chi connectivity index (χ2n) is 5.45. The summed E-state index contributed by atoms with van der Waals surface area (Å²) < 4.78 is 22.9. The molecule has 7 heteroatoms. The molecule has 0 spiro atoms. The SMILES string of the molecule is CCC(NC(=O)Cc1ccc(Cl)cc1)c1cccc(S(N)(=O)=O)c1. The van der Waals surface area contributed by atoms with E-state index < -0.39 is 10.0 Å². The van der Waals surface area contributed by atoms with Crippen LogP contribution in [0.15, 0.2) is 53.4 Å². The number of carbonyl (C=O) groups excluding carboxylic acids is 1. The zero-order valence-corrected chi connectivity index (χ0v) is 14.8. The third-order valence-electron chi connectivity index (χ3n) is 3.61. The van der Waals surface area contributed by atoms with Crippen LogP contribution < -0.4 is 10.5 Å². The maximum Gasteiger partial charge on any atom is 0.238 e. The largest absolute Gasteiger partial charge is 0.349 e. The van der Waals surface area contributed by atoms with Gasteiger partial charge in [-0.1, -0.05) is 42.8 Å². The van der Waals surface area contributed by atoms with Gasteiger partial charge >= 0.3 is 0 Å². The number of nitrogens with one attached hydrogen (secondary N) is 1. The summed E-state index contributed by atoms with van der Waals surface area (Å²) in [6.07, 6.45) is 0.850. The molecule has 0 heterocycles. The maximum absolute atomic E-state index is 12.2. The van der Waals surface area contributed by atoms with Gasteiger partial charge in [0.2, 0.25) is 15.9 Å². The van der Waals surface area contributed by atoms with Gasteiger partial charge in [0.05, 0.1) is 17.4 Å². The summed E-state index contributed by atoms with van der Waals surface area (Å²) in [6.45, 7) is 1.91. The zero-order chi connectivity index (χ0) is 17.7. The van der Waals surface area contributed by atoms with Crippen molar-refractivity contribution < 1.29 is 13.2 Å². The first-order chi connectivity index (χ1) is 11.3. The number of sulfonamides is 1. The van der Waals surface area contributed by atoms with Gasteiger partial charge in [-0.25, -0.2) is 13.6 Å². The molecule has 5 nitrogen and oxygen atoms in total. The van der Waals surface area contributed by atoms with Gasteiger partial charge in [-0.15, -0.1) is 0 Å². The lowest BCUT2D eigenvalue weighted by Crippen LogP contribution is -2.29. The van der Waals surface area contributed by atoms with Gasteiger partial charge in [0.25, 0.3) is 0 Å². The molecule has 2 aromatic rings. The molecule has 0 aliphatic carbocycles. The fourth-order valence-corrected chi connectivity index (χ4v) is 3.06. The van der Waals surface area contributed by atoms with Crippen LogP contribution in [0.25, 0.3) is 0 Å². The molecule has 0 fully saturated rings. The molecule has 24 heavy (non-hydrogen) atoms. The van der Waals surface area contributed by atoms with E-state index in [0.717, 1.165) is 5.56 Å². The van der Waals surface area contributed by atoms with Crippen molar-refractivity contribution in [2.75, 3.05) is 0 Å². The molecule has 0 aromatic heterocycles. The first-order valence-corrected chi connectivity index (χ1v) is 9.38. The highest BCUT2D eigenvalue weighted by Crippen LogP contribution is 2.20. The first kappa shape index (κ1) is 18.4. The Morgan fingerprint density at radius 3 is 2.46 bits per heavy atom. The van der Waals surface area contributed by atoms with Crippen molar-refractivity contribution in [3.63, 3.8) is 0 Å². The van der Waals surface area contributed by atoms with E-state index in [1.54, 1.807) is 36.4 Å². The van der Waals surface area contributed by atoms with Crippen molar-refractivity contribution in [3.8, 4) is 0 Å². The fourth-order valence-electron chi connectivity index (χ4n) is 2.36. The smallest absolute Gasteiger partial charge is 0.238 e. The lowest BCUT2D eigenvalue weighted by atomic mass is 10.0. The summed E-state index contributed by atoms with van der Waals surface area (Å²) in [5, 5.41) is 8.69. The second-order valence-corrected chi connectivity index (χ2v) is 7.45. The number of carbonyl (C=O) groups is 1. The number of hydrogen-bond donors (Lipinski definition) is 2. The topological polar surface area (TPSA) is 89.3 Å². The molecule has 0 saturated heterocycles. The van der Waals surface area contributed by atoms with Crippen molar-refractivity contribution in [1.29, 1.82) is 0 Å². The average molecular weight is 367 g/mol. The van der Waals surface area contributed by atoms with Crippen molar-refractivity contribution in [2.45, 2.75) is 30.7 Å². The number of amides is 1. The molecule has 2 aromatic carbocycles. The van der Waals surface area contributed by atoms with Crippen molar-refractivity contribution in [1.82, 2.24) is 5.32 Å². The summed E-state index contributed by atoms with van der Waals surface area (Å²) in [4.78, 5) is 12.3. The van der Waals surface area contributed by atoms with Crippen LogP contribution in [0.5, 0.6) is 0 Å². The van der Waals surface area contributed by atoms with Gasteiger partial charge in [0, 0.05) is 5.02 Å². The normalized spacial score (nSPS) is 12.6. The molecule has 0 bridgehead atoms. The molecule has 1 atom stereocenters. The molecule has 3 N–H and O–H groups in total. The van der Waals surface area contributed by atoms with E-state index >= 15 is 0 Å². The number of rotatable bonds is 6. The summed E-state index contributed by atoms with van der Waals surface area (Å²) >= 11 is 5.83. The minimum absolute atomic E-state index is 0.0328. The standard InChI is InChI=1S/C17H19ClN2O3S/c1-2-16(13-4-3-5-15(11-13)24(19,22)23)20-17(21)10-12-6-8-14(18)9-7-12/h3-9,11,16H,2,10H2,1H3,(H,20,21)(H2,19,22,23). The van der Waals surface area contributed by atoms with Gasteiger partial charge in [0.1, 0.15) is 0 Å². The van der Waals surface area contributed by atoms with Crippen LogP contribution >= 0.6 is 11.6 Å². The van der Waals surface area contributed by atoms with Gasteiger partial charge in [0.15, 0.2) is 0 Å². The van der Waals surface area contributed by atoms with Crippen molar-refractivity contribution in [2.24, 2.45) is 5.14 Å². The quantitative estimate of drug-likeness (QED) is 0.823. The third-order valence-corrected chi connectivity index (χ3v) is 4.77. The zero-order valence-electron chi connectivity index (χ0n) is 13.2. The molecular formula is C17H19ClN2O3S. The number of halogens is 1. The van der Waals surface area contributed by atoms with Crippen molar-refractivity contribution in [3.05, 3.63) is 64.7 Å². The van der Waals surface area contributed by atoms with Crippen LogP contribution in [0.2, 0.25) is 5.02 Å². The molecule has 0 saturated carbocycles. The molecule has 1 unspecified atom stereocenters. The summed E-state index contributed by atoms with van der Waals surface area (Å²) in [5.41, 5.74) is 1.55. The fraction of sp³-hybridized carbons (Fsp3) is 0.235. The first-order valence-electron chi connectivity index (χ1n) is 7.46. The van der Waals surface area contributed by atoms with E-state index in [1.807, 2.05) is 6.92 Å². The molecule has 128 valence electrons. The Kier molecular flexibility index (Phi) is 5.99. The highest BCUT2D eigenvalue weighted by atomic mass is 35.5. The van der Waals surface area contributed by atoms with Gasteiger partial charge in [-0.3, -0.25) is 4.79 Å². The lowest BCUT2D eigenvalue weighted by Gasteiger charge is -2.18. The Hall–Kier alpha value is -1.89. The van der Waals surface area contributed by atoms with Gasteiger partial charge in [-0.05, 0) is 41.8 Å². The Morgan fingerprint density at radius 2 is 1.88 bits per heavy atom. The number of benzene rings is 2. The molecule has 0 aliphatic rings. The minimum Gasteiger partial charge on any atom is -0.349 e. The summed E-state index contributed by atoms with van der Waals surface area (Å²) in [6, 6.07) is 13.1. The van der Waals surface area contributed by atoms with Crippen LogP contribution in [0, 0.1) is 0 Å². The molecule has 0 radical (unpaired) electrons. The average Bonchev–Trinajstić information content (AvgIpc) is 2.54. The minimum atomic E-state index is -3.77. The Labute approximate surface area is 146 Å². The van der Waals surface area contributed by atoms with Crippen LogP contribution in [-0.2, 0) is 21.2 Å². The summed E-state index contributed by atoms with van der Waals surface area (Å²) in [5.74, 6) is -0.148. The van der Waals surface area contributed by atoms with E-state index in [9.17, 15) is 13.2 Å². The van der Waals surface area contributed by atoms with Crippen LogP contribution in [0.4, 0.5) is 0 Å². The molecular weight excluding hydrogens is 348 g/mol. The number of hydrogen-bond acceptors (Lipinski definition) is 3. The van der Waals surface area contributed by atoms with E-state index in [1.165, 1.54) is 12.1 Å². The maximum atomic E-state index is 12.2. The molecule has 2 rings (SSSR count). The van der Waals surface area contributed by atoms with Crippen LogP contribution in [0.3, 0.4) is 0 Å². The van der Waals surface area contributed by atoms with Gasteiger partial charge in [-0.2, -0.15) is 0 Å². The van der Waals surface area contributed by atoms with Crippen LogP contribution in [-0.4, -0.2) is 14.3 Å². The molecule has 0 aliphatic heterocycles. The van der Waals surface area contributed by atoms with E-state index in [0.29, 0.717) is 17.0 Å². The van der Waals surface area contributed by atoms with Crippen LogP contribution in [0.1, 0.15) is 30.5 Å². The van der Waals surface area contributed by atoms with Crippen molar-refractivity contribution >= 4 is 27.5 Å². The Bertz CT molecular complexity index is 820. The third kappa shape index (κ3) is 5.06. The number of primary sulfonamides is 1. The van der Waals surface area contributed by atoms with Gasteiger partial charge < -0.3 is 5.32 Å².